The van der Waals surface area contributed by atoms with E-state index in [-0.39, 0.29) is 18.6 Å². The van der Waals surface area contributed by atoms with Gasteiger partial charge in [-0.05, 0) is 30.7 Å². The molecule has 3 heterocycles. The normalized spacial score (nSPS) is 18.5. The maximum Gasteiger partial charge on any atom is 0.328 e. The maximum atomic E-state index is 12.1. The molecule has 30 heavy (non-hydrogen) atoms. The van der Waals surface area contributed by atoms with Gasteiger partial charge in [0, 0.05) is 30.5 Å². The molecule has 1 N–H and O–H groups in total. The number of esters is 1. The second kappa shape index (κ2) is 8.85. The summed E-state index contributed by atoms with van der Waals surface area (Å²) in [7, 11) is 0. The molecule has 8 heteroatoms. The summed E-state index contributed by atoms with van der Waals surface area (Å²) in [4.78, 5) is 21.2. The van der Waals surface area contributed by atoms with Crippen LogP contribution in [-0.4, -0.2) is 36.4 Å². The van der Waals surface area contributed by atoms with Crippen LogP contribution in [0.2, 0.25) is 0 Å². The highest BCUT2D eigenvalue weighted by molar-refractivity contribution is 5.76. The summed E-state index contributed by atoms with van der Waals surface area (Å²) in [6.07, 6.45) is 11.6. The Kier molecular flexibility index (Phi) is 6.01. The average Bonchev–Trinajstić information content (AvgIpc) is 3.31. The van der Waals surface area contributed by atoms with Crippen LogP contribution in [0.15, 0.2) is 30.9 Å². The SMILES string of the molecule is CCC(CC)Cn1ccc2cnc(Nc3cnn(CC(=O)OC4CC(C)C4)c3)nc21. The van der Waals surface area contributed by atoms with Gasteiger partial charge < -0.3 is 14.6 Å². The van der Waals surface area contributed by atoms with Gasteiger partial charge >= 0.3 is 5.97 Å². The van der Waals surface area contributed by atoms with E-state index in [1.807, 2.05) is 12.3 Å². The molecule has 0 saturated heterocycles. The highest BCUT2D eigenvalue weighted by Crippen LogP contribution is 2.29. The minimum atomic E-state index is -0.251. The zero-order chi connectivity index (χ0) is 21.1. The van der Waals surface area contributed by atoms with Crippen molar-refractivity contribution in [3.63, 3.8) is 0 Å². The second-order valence-electron chi connectivity index (χ2n) is 8.36. The number of ether oxygens (including phenoxy) is 1. The van der Waals surface area contributed by atoms with Crippen LogP contribution in [0.5, 0.6) is 0 Å². The predicted molar refractivity (Wildman–Crippen MR) is 115 cm³/mol. The number of rotatable bonds is 9. The van der Waals surface area contributed by atoms with E-state index in [2.05, 4.69) is 46.9 Å². The molecule has 1 aliphatic rings. The van der Waals surface area contributed by atoms with Crippen LogP contribution >= 0.6 is 0 Å². The summed E-state index contributed by atoms with van der Waals surface area (Å²) in [5.74, 6) is 1.54. The summed E-state index contributed by atoms with van der Waals surface area (Å²) >= 11 is 0. The zero-order valence-electron chi connectivity index (χ0n) is 17.9. The third-order valence-corrected chi connectivity index (χ3v) is 5.92. The Morgan fingerprint density at radius 2 is 2.10 bits per heavy atom. The molecule has 1 saturated carbocycles. The van der Waals surface area contributed by atoms with Gasteiger partial charge in [0.25, 0.3) is 0 Å². The number of nitrogens with zero attached hydrogens (tertiary/aromatic N) is 5. The van der Waals surface area contributed by atoms with E-state index < -0.39 is 0 Å². The molecular formula is C22H30N6O2. The number of anilines is 2. The first-order valence-electron chi connectivity index (χ1n) is 10.8. The van der Waals surface area contributed by atoms with Crippen LogP contribution in [0.1, 0.15) is 46.5 Å². The Morgan fingerprint density at radius 3 is 2.83 bits per heavy atom. The third kappa shape index (κ3) is 4.63. The molecule has 0 radical (unpaired) electrons. The van der Waals surface area contributed by atoms with E-state index in [0.717, 1.165) is 48.9 Å². The lowest BCUT2D eigenvalue weighted by atomic mass is 9.84. The Labute approximate surface area is 176 Å². The zero-order valence-corrected chi connectivity index (χ0v) is 17.9. The third-order valence-electron chi connectivity index (χ3n) is 5.92. The molecule has 1 aliphatic carbocycles. The Balaban J connectivity index is 1.40. The monoisotopic (exact) mass is 410 g/mol. The second-order valence-corrected chi connectivity index (χ2v) is 8.36. The smallest absolute Gasteiger partial charge is 0.328 e. The first-order chi connectivity index (χ1) is 14.5. The van der Waals surface area contributed by atoms with Crippen molar-refractivity contribution >= 4 is 28.6 Å². The van der Waals surface area contributed by atoms with Gasteiger partial charge in [-0.15, -0.1) is 0 Å². The number of carbonyl (C=O) groups excluding carboxylic acids is 1. The fourth-order valence-electron chi connectivity index (χ4n) is 3.93. The van der Waals surface area contributed by atoms with E-state index in [1.165, 1.54) is 0 Å². The first-order valence-corrected chi connectivity index (χ1v) is 10.8. The molecule has 0 spiro atoms. The molecule has 0 aliphatic heterocycles. The quantitative estimate of drug-likeness (QED) is 0.533. The van der Waals surface area contributed by atoms with Crippen LogP contribution in [0.25, 0.3) is 11.0 Å². The van der Waals surface area contributed by atoms with Gasteiger partial charge in [-0.3, -0.25) is 9.48 Å². The lowest BCUT2D eigenvalue weighted by Crippen LogP contribution is -2.32. The van der Waals surface area contributed by atoms with E-state index in [9.17, 15) is 4.79 Å². The Morgan fingerprint density at radius 1 is 1.30 bits per heavy atom. The van der Waals surface area contributed by atoms with Gasteiger partial charge in [0.2, 0.25) is 5.95 Å². The minimum Gasteiger partial charge on any atom is -0.461 e. The highest BCUT2D eigenvalue weighted by atomic mass is 16.5. The summed E-state index contributed by atoms with van der Waals surface area (Å²) in [5, 5.41) is 8.45. The molecular weight excluding hydrogens is 380 g/mol. The average molecular weight is 411 g/mol. The van der Waals surface area contributed by atoms with E-state index >= 15 is 0 Å². The van der Waals surface area contributed by atoms with E-state index in [0.29, 0.717) is 17.8 Å². The molecule has 0 bridgehead atoms. The van der Waals surface area contributed by atoms with Crippen LogP contribution in [0, 0.1) is 11.8 Å². The molecule has 4 rings (SSSR count). The van der Waals surface area contributed by atoms with Crippen LogP contribution in [0.4, 0.5) is 11.6 Å². The minimum absolute atomic E-state index is 0.0667. The largest absolute Gasteiger partial charge is 0.461 e. The topological polar surface area (TPSA) is 86.9 Å². The number of nitrogens with one attached hydrogen (secondary N) is 1. The van der Waals surface area contributed by atoms with Gasteiger partial charge in [-0.2, -0.15) is 10.1 Å². The number of hydrogen-bond donors (Lipinski definition) is 1. The molecule has 0 atom stereocenters. The first kappa shape index (κ1) is 20.4. The fraction of sp³-hybridized carbons (Fsp3) is 0.545. The van der Waals surface area contributed by atoms with Crippen molar-refractivity contribution in [1.29, 1.82) is 0 Å². The van der Waals surface area contributed by atoms with Gasteiger partial charge in [0.1, 0.15) is 18.3 Å². The summed E-state index contributed by atoms with van der Waals surface area (Å²) in [5.41, 5.74) is 1.66. The van der Waals surface area contributed by atoms with E-state index in [4.69, 9.17) is 9.72 Å². The number of aromatic nitrogens is 5. The van der Waals surface area contributed by atoms with Crippen molar-refractivity contribution < 1.29 is 9.53 Å². The number of carbonyl (C=O) groups is 1. The summed E-state index contributed by atoms with van der Waals surface area (Å²) < 4.78 is 9.21. The molecule has 3 aromatic rings. The van der Waals surface area contributed by atoms with Crippen molar-refractivity contribution in [3.05, 3.63) is 30.9 Å². The van der Waals surface area contributed by atoms with Crippen molar-refractivity contribution in [2.24, 2.45) is 11.8 Å². The molecule has 0 unspecified atom stereocenters. The summed E-state index contributed by atoms with van der Waals surface area (Å²) in [6, 6.07) is 2.05. The Bertz CT molecular complexity index is 1000. The lowest BCUT2D eigenvalue weighted by molar-refractivity contribution is -0.156. The lowest BCUT2D eigenvalue weighted by Gasteiger charge is -2.31. The molecule has 0 aromatic carbocycles. The van der Waals surface area contributed by atoms with E-state index in [1.54, 1.807) is 17.1 Å². The predicted octanol–water partition coefficient (Wildman–Crippen LogP) is 4.15. The van der Waals surface area contributed by atoms with Crippen LogP contribution in [-0.2, 0) is 22.6 Å². The molecule has 3 aromatic heterocycles. The van der Waals surface area contributed by atoms with Crippen molar-refractivity contribution in [1.82, 2.24) is 24.3 Å². The number of fused-ring (bicyclic) bond motifs is 1. The highest BCUT2D eigenvalue weighted by Gasteiger charge is 2.28. The molecule has 160 valence electrons. The van der Waals surface area contributed by atoms with Gasteiger partial charge in [-0.25, -0.2) is 4.98 Å². The molecule has 8 nitrogen and oxygen atoms in total. The number of hydrogen-bond acceptors (Lipinski definition) is 6. The summed E-state index contributed by atoms with van der Waals surface area (Å²) in [6.45, 7) is 7.67. The van der Waals surface area contributed by atoms with Crippen molar-refractivity contribution in [3.8, 4) is 0 Å². The van der Waals surface area contributed by atoms with Crippen LogP contribution < -0.4 is 5.32 Å². The standard InChI is InChI=1S/C22H30N6O2/c1-4-16(5-2)12-27-7-6-17-10-23-22(26-21(17)27)25-18-11-24-28(13-18)14-20(29)30-19-8-15(3)9-19/h6-7,10-11,13,15-16,19H,4-5,8-9,12,14H2,1-3H3,(H,23,25,26). The van der Waals surface area contributed by atoms with Crippen LogP contribution in [0.3, 0.4) is 0 Å². The van der Waals surface area contributed by atoms with Gasteiger partial charge in [0.05, 0.1) is 11.9 Å². The van der Waals surface area contributed by atoms with Gasteiger partial charge in [0.15, 0.2) is 0 Å². The Hall–Kier alpha value is -2.90. The van der Waals surface area contributed by atoms with Crippen molar-refractivity contribution in [2.45, 2.75) is 65.6 Å². The fourth-order valence-corrected chi connectivity index (χ4v) is 3.93. The molecule has 1 fully saturated rings. The maximum absolute atomic E-state index is 12.1. The van der Waals surface area contributed by atoms with Crippen molar-refractivity contribution in [2.75, 3.05) is 5.32 Å². The molecule has 0 amide bonds. The van der Waals surface area contributed by atoms with Gasteiger partial charge in [-0.1, -0.05) is 33.6 Å².